The summed E-state index contributed by atoms with van der Waals surface area (Å²) >= 11 is 0. The highest BCUT2D eigenvalue weighted by Gasteiger charge is 2.08. The van der Waals surface area contributed by atoms with Gasteiger partial charge in [0.15, 0.2) is 0 Å². The van der Waals surface area contributed by atoms with Crippen molar-refractivity contribution in [2.75, 3.05) is 0 Å². The molecule has 24 heavy (non-hydrogen) atoms. The fourth-order valence-corrected chi connectivity index (χ4v) is 2.26. The molecule has 0 aliphatic carbocycles. The third-order valence-electron chi connectivity index (χ3n) is 3.41. The van der Waals surface area contributed by atoms with Crippen LogP contribution in [-0.4, -0.2) is 21.1 Å². The number of amides is 1. The molecule has 0 saturated carbocycles. The van der Waals surface area contributed by atoms with E-state index in [1.807, 2.05) is 12.1 Å². The predicted octanol–water partition coefficient (Wildman–Crippen LogP) is 2.53. The standard InChI is InChI=1S/C18H15FN4O/c19-15-4-1-3-13(9-15)10-16-5-2-6-17(23-16)18(24)20-11-14-7-8-21-22-12-14/h1-9,12H,10-11H2,(H,20,24). The number of carbonyl (C=O) groups excluding carboxylic acids is 1. The van der Waals surface area contributed by atoms with E-state index in [2.05, 4.69) is 20.5 Å². The lowest BCUT2D eigenvalue weighted by molar-refractivity contribution is 0.0945. The molecule has 0 radical (unpaired) electrons. The highest BCUT2D eigenvalue weighted by Crippen LogP contribution is 2.10. The van der Waals surface area contributed by atoms with E-state index in [0.717, 1.165) is 11.1 Å². The van der Waals surface area contributed by atoms with Gasteiger partial charge in [-0.1, -0.05) is 18.2 Å². The van der Waals surface area contributed by atoms with E-state index < -0.39 is 0 Å². The maximum Gasteiger partial charge on any atom is 0.270 e. The normalized spacial score (nSPS) is 10.4. The largest absolute Gasteiger partial charge is 0.347 e. The number of rotatable bonds is 5. The van der Waals surface area contributed by atoms with Gasteiger partial charge in [0.25, 0.3) is 5.91 Å². The minimum absolute atomic E-state index is 0.270. The first-order chi connectivity index (χ1) is 11.7. The van der Waals surface area contributed by atoms with Crippen LogP contribution in [0.25, 0.3) is 0 Å². The van der Waals surface area contributed by atoms with Crippen LogP contribution in [0.5, 0.6) is 0 Å². The average molecular weight is 322 g/mol. The van der Waals surface area contributed by atoms with E-state index in [0.29, 0.717) is 24.4 Å². The maximum atomic E-state index is 13.2. The van der Waals surface area contributed by atoms with Crippen LogP contribution < -0.4 is 5.32 Å². The van der Waals surface area contributed by atoms with Gasteiger partial charge in [0.2, 0.25) is 0 Å². The number of nitrogens with one attached hydrogen (secondary N) is 1. The van der Waals surface area contributed by atoms with Crippen LogP contribution in [0.1, 0.15) is 27.3 Å². The number of pyridine rings is 1. The summed E-state index contributed by atoms with van der Waals surface area (Å²) < 4.78 is 13.2. The molecule has 5 nitrogen and oxygen atoms in total. The molecule has 2 aromatic heterocycles. The summed E-state index contributed by atoms with van der Waals surface area (Å²) in [5, 5.41) is 10.2. The summed E-state index contributed by atoms with van der Waals surface area (Å²) in [4.78, 5) is 16.6. The van der Waals surface area contributed by atoms with Gasteiger partial charge >= 0.3 is 0 Å². The molecular formula is C18H15FN4O. The van der Waals surface area contributed by atoms with E-state index >= 15 is 0 Å². The number of hydrogen-bond acceptors (Lipinski definition) is 4. The Balaban J connectivity index is 1.67. The lowest BCUT2D eigenvalue weighted by Gasteiger charge is -2.06. The fourth-order valence-electron chi connectivity index (χ4n) is 2.26. The molecule has 0 saturated heterocycles. The molecule has 120 valence electrons. The third-order valence-corrected chi connectivity index (χ3v) is 3.41. The zero-order chi connectivity index (χ0) is 16.8. The van der Waals surface area contributed by atoms with Crippen LogP contribution in [0.2, 0.25) is 0 Å². The van der Waals surface area contributed by atoms with Crippen LogP contribution in [0, 0.1) is 5.82 Å². The second-order valence-corrected chi connectivity index (χ2v) is 5.25. The van der Waals surface area contributed by atoms with Gasteiger partial charge in [-0.15, -0.1) is 0 Å². The van der Waals surface area contributed by atoms with E-state index in [4.69, 9.17) is 0 Å². The topological polar surface area (TPSA) is 67.8 Å². The van der Waals surface area contributed by atoms with Crippen LogP contribution in [0.15, 0.2) is 60.9 Å². The predicted molar refractivity (Wildman–Crippen MR) is 86.6 cm³/mol. The zero-order valence-electron chi connectivity index (χ0n) is 12.8. The Morgan fingerprint density at radius 2 is 1.92 bits per heavy atom. The summed E-state index contributed by atoms with van der Waals surface area (Å²) in [6.07, 6.45) is 3.63. The van der Waals surface area contributed by atoms with Crippen molar-refractivity contribution in [3.05, 3.63) is 89.3 Å². The Morgan fingerprint density at radius 3 is 2.71 bits per heavy atom. The summed E-state index contributed by atoms with van der Waals surface area (Å²) in [5.74, 6) is -0.555. The van der Waals surface area contributed by atoms with Crippen molar-refractivity contribution < 1.29 is 9.18 Å². The minimum atomic E-state index is -0.285. The maximum absolute atomic E-state index is 13.2. The van der Waals surface area contributed by atoms with E-state index in [1.54, 1.807) is 36.7 Å². The molecule has 3 rings (SSSR count). The van der Waals surface area contributed by atoms with Crippen LogP contribution in [0.3, 0.4) is 0 Å². The molecule has 0 aliphatic heterocycles. The lowest BCUT2D eigenvalue weighted by Crippen LogP contribution is -2.24. The molecular weight excluding hydrogens is 307 g/mol. The summed E-state index contributed by atoms with van der Waals surface area (Å²) in [5.41, 5.74) is 2.70. The van der Waals surface area contributed by atoms with Gasteiger partial charge in [0, 0.05) is 24.9 Å². The Morgan fingerprint density at radius 1 is 1.04 bits per heavy atom. The smallest absolute Gasteiger partial charge is 0.270 e. The third kappa shape index (κ3) is 4.19. The number of benzene rings is 1. The molecule has 0 spiro atoms. The molecule has 6 heteroatoms. The molecule has 1 amide bonds. The summed E-state index contributed by atoms with van der Waals surface area (Å²) in [7, 11) is 0. The average Bonchev–Trinajstić information content (AvgIpc) is 2.61. The highest BCUT2D eigenvalue weighted by atomic mass is 19.1. The molecule has 0 aliphatic rings. The van der Waals surface area contributed by atoms with Crippen molar-refractivity contribution in [2.45, 2.75) is 13.0 Å². The minimum Gasteiger partial charge on any atom is -0.347 e. The second kappa shape index (κ2) is 7.41. The quantitative estimate of drug-likeness (QED) is 0.784. The molecule has 0 fully saturated rings. The molecule has 1 N–H and O–H groups in total. The highest BCUT2D eigenvalue weighted by molar-refractivity contribution is 5.92. The number of nitrogens with zero attached hydrogens (tertiary/aromatic N) is 3. The van der Waals surface area contributed by atoms with Crippen molar-refractivity contribution in [2.24, 2.45) is 0 Å². The Kier molecular flexibility index (Phi) is 4.86. The Hall–Kier alpha value is -3.15. The number of hydrogen-bond donors (Lipinski definition) is 1. The van der Waals surface area contributed by atoms with E-state index in [-0.39, 0.29) is 11.7 Å². The number of halogens is 1. The van der Waals surface area contributed by atoms with Crippen LogP contribution in [-0.2, 0) is 13.0 Å². The van der Waals surface area contributed by atoms with Crippen molar-refractivity contribution in [3.8, 4) is 0 Å². The van der Waals surface area contributed by atoms with Gasteiger partial charge in [-0.25, -0.2) is 9.37 Å². The van der Waals surface area contributed by atoms with E-state index in [9.17, 15) is 9.18 Å². The number of carbonyl (C=O) groups is 1. The van der Waals surface area contributed by atoms with Crippen LogP contribution >= 0.6 is 0 Å². The van der Waals surface area contributed by atoms with Crippen LogP contribution in [0.4, 0.5) is 4.39 Å². The molecule has 1 aromatic carbocycles. The molecule has 2 heterocycles. The van der Waals surface area contributed by atoms with Gasteiger partial charge in [-0.2, -0.15) is 10.2 Å². The lowest BCUT2D eigenvalue weighted by atomic mass is 10.1. The molecule has 0 atom stereocenters. The van der Waals surface area contributed by atoms with Crippen molar-refractivity contribution in [3.63, 3.8) is 0 Å². The first-order valence-corrected chi connectivity index (χ1v) is 7.45. The first-order valence-electron chi connectivity index (χ1n) is 7.45. The van der Waals surface area contributed by atoms with Crippen molar-refractivity contribution in [1.82, 2.24) is 20.5 Å². The van der Waals surface area contributed by atoms with E-state index in [1.165, 1.54) is 12.1 Å². The Labute approximate surface area is 138 Å². The Bertz CT molecular complexity index is 839. The van der Waals surface area contributed by atoms with Crippen molar-refractivity contribution >= 4 is 5.91 Å². The fraction of sp³-hybridized carbons (Fsp3) is 0.111. The van der Waals surface area contributed by atoms with Gasteiger partial charge in [0.05, 0.1) is 6.20 Å². The zero-order valence-corrected chi connectivity index (χ0v) is 12.8. The van der Waals surface area contributed by atoms with Gasteiger partial charge < -0.3 is 5.32 Å². The first kappa shape index (κ1) is 15.7. The summed E-state index contributed by atoms with van der Waals surface area (Å²) in [6, 6.07) is 13.4. The van der Waals surface area contributed by atoms with Gasteiger partial charge in [-0.05, 0) is 41.5 Å². The molecule has 0 bridgehead atoms. The van der Waals surface area contributed by atoms with Crippen molar-refractivity contribution in [1.29, 1.82) is 0 Å². The van der Waals surface area contributed by atoms with Gasteiger partial charge in [-0.3, -0.25) is 4.79 Å². The molecule has 3 aromatic rings. The monoisotopic (exact) mass is 322 g/mol. The molecule has 0 unspecified atom stereocenters. The summed E-state index contributed by atoms with van der Waals surface area (Å²) in [6.45, 7) is 0.351. The SMILES string of the molecule is O=C(NCc1ccnnc1)c1cccc(Cc2cccc(F)c2)n1. The van der Waals surface area contributed by atoms with Gasteiger partial charge in [0.1, 0.15) is 11.5 Å². The second-order valence-electron chi connectivity index (χ2n) is 5.25. The number of aromatic nitrogens is 3.